The molecule has 0 aromatic heterocycles. The summed E-state index contributed by atoms with van der Waals surface area (Å²) in [6.45, 7) is 13.6. The zero-order valence-electron chi connectivity index (χ0n) is 16.0. The van der Waals surface area contributed by atoms with Gasteiger partial charge in [-0.3, -0.25) is 9.98 Å². The molecule has 2 heterocycles. The van der Waals surface area contributed by atoms with Crippen LogP contribution in [0.5, 0.6) is 0 Å². The smallest absolute Gasteiger partial charge is 1.00 e. The molecular weight excluding hydrogens is 458 g/mol. The summed E-state index contributed by atoms with van der Waals surface area (Å²) in [4.78, 5) is 9.38. The fourth-order valence-corrected chi connectivity index (χ4v) is 8.63. The van der Waals surface area contributed by atoms with E-state index in [0.717, 1.165) is 22.8 Å². The number of hydrogen-bond donors (Lipinski definition) is 0. The third-order valence-corrected chi connectivity index (χ3v) is 8.96. The molecule has 0 atom stereocenters. The van der Waals surface area contributed by atoms with E-state index in [-0.39, 0.29) is 51.0 Å². The van der Waals surface area contributed by atoms with Gasteiger partial charge in [-0.05, 0) is 73.5 Å². The Hall–Kier alpha value is -0.540. The van der Waals surface area contributed by atoms with E-state index in [1.165, 1.54) is 22.3 Å². The molecule has 0 unspecified atom stereocenters. The van der Waals surface area contributed by atoms with Gasteiger partial charge in [-0.25, -0.2) is 0 Å². The van der Waals surface area contributed by atoms with Gasteiger partial charge in [0.15, 0.2) is 0 Å². The Morgan fingerprint density at radius 1 is 0.654 bits per heavy atom. The fourth-order valence-electron chi connectivity index (χ4n) is 4.51. The number of aliphatic imine (C=N–C) groups is 2. The van der Waals surface area contributed by atoms with E-state index < -0.39 is 8.07 Å². The van der Waals surface area contributed by atoms with Gasteiger partial charge in [0, 0.05) is 22.5 Å². The zero-order valence-corrected chi connectivity index (χ0v) is 20.9. The summed E-state index contributed by atoms with van der Waals surface area (Å²) in [6.07, 6.45) is 9.04. The first-order valence-corrected chi connectivity index (χ1v) is 11.2. The fraction of sp³-hybridized carbons (Fsp3) is 0.300. The maximum absolute atomic E-state index is 4.69. The van der Waals surface area contributed by atoms with Gasteiger partial charge in [-0.15, -0.1) is 0 Å². The van der Waals surface area contributed by atoms with Crippen molar-refractivity contribution in [3.05, 3.63) is 68.4 Å². The van der Waals surface area contributed by atoms with Crippen molar-refractivity contribution < 1.29 is 51.0 Å². The third-order valence-electron chi connectivity index (χ3n) is 5.14. The minimum absolute atomic E-state index is 0. The Bertz CT molecular complexity index is 851. The second-order valence-corrected chi connectivity index (χ2v) is 11.7. The molecule has 2 aliphatic heterocycles. The normalized spacial score (nSPS) is 20.1. The molecule has 2 aliphatic carbocycles. The molecule has 4 rings (SSSR count). The van der Waals surface area contributed by atoms with Gasteiger partial charge in [-0.2, -0.15) is 0 Å². The van der Waals surface area contributed by atoms with Crippen molar-refractivity contribution in [1.82, 2.24) is 0 Å². The Kier molecular flexibility index (Phi) is 7.08. The van der Waals surface area contributed by atoms with Crippen LogP contribution < -0.4 is 24.8 Å². The maximum Gasteiger partial charge on any atom is 2.00 e. The molecule has 0 bridgehead atoms. The van der Waals surface area contributed by atoms with Gasteiger partial charge in [-0.1, -0.05) is 13.1 Å². The second-order valence-electron chi connectivity index (χ2n) is 7.42. The average molecular weight is 481 g/mol. The predicted molar refractivity (Wildman–Crippen MR) is 101 cm³/mol. The molecule has 4 aliphatic rings. The summed E-state index contributed by atoms with van der Waals surface area (Å²) in [5, 5.41) is 3.09. The summed E-state index contributed by atoms with van der Waals surface area (Å²) in [7, 11) is -1.82. The van der Waals surface area contributed by atoms with E-state index in [1.807, 2.05) is 0 Å². The standard InChI is InChI=1S/C20H22N2Si.2ClH.Zr/c1-11-7-17-15(9-13(3)21-17)19(11)23(5,6)20-12(2)8-18-16(20)10-14(4)22-18;;;/h7-10H,1-6H3;2*1H;/q;;;+2/p-2. The van der Waals surface area contributed by atoms with Crippen LogP contribution >= 0.6 is 0 Å². The Morgan fingerprint density at radius 3 is 1.35 bits per heavy atom. The minimum Gasteiger partial charge on any atom is -1.00 e. The van der Waals surface area contributed by atoms with Crippen molar-refractivity contribution >= 4 is 19.5 Å². The molecule has 0 saturated carbocycles. The van der Waals surface area contributed by atoms with Crippen molar-refractivity contribution in [3.63, 3.8) is 0 Å². The molecule has 26 heavy (non-hydrogen) atoms. The summed E-state index contributed by atoms with van der Waals surface area (Å²) in [5.74, 6) is 0. The largest absolute Gasteiger partial charge is 2.00 e. The van der Waals surface area contributed by atoms with E-state index in [2.05, 4.69) is 75.1 Å². The topological polar surface area (TPSA) is 24.7 Å². The van der Waals surface area contributed by atoms with Crippen LogP contribution in [0.3, 0.4) is 0 Å². The molecule has 6 heteroatoms. The molecule has 0 aromatic rings. The van der Waals surface area contributed by atoms with Crippen LogP contribution in [-0.2, 0) is 26.2 Å². The van der Waals surface area contributed by atoms with E-state index in [9.17, 15) is 0 Å². The molecule has 0 radical (unpaired) electrons. The molecule has 0 aromatic carbocycles. The molecule has 134 valence electrons. The first kappa shape index (κ1) is 23.5. The van der Waals surface area contributed by atoms with Crippen LogP contribution in [0.4, 0.5) is 0 Å². The first-order chi connectivity index (χ1) is 10.8. The van der Waals surface area contributed by atoms with Crippen LogP contribution in [-0.4, -0.2) is 19.5 Å². The van der Waals surface area contributed by atoms with Gasteiger partial charge in [0.1, 0.15) is 8.07 Å². The Labute approximate surface area is 188 Å². The van der Waals surface area contributed by atoms with Crippen LogP contribution in [0, 0.1) is 0 Å². The molecule has 0 N–H and O–H groups in total. The van der Waals surface area contributed by atoms with Crippen molar-refractivity contribution in [1.29, 1.82) is 0 Å². The second kappa shape index (κ2) is 7.83. The molecule has 0 fully saturated rings. The third kappa shape index (κ3) is 3.35. The van der Waals surface area contributed by atoms with Crippen LogP contribution in [0.15, 0.2) is 78.4 Å². The van der Waals surface area contributed by atoms with Crippen LogP contribution in [0.1, 0.15) is 27.7 Å². The van der Waals surface area contributed by atoms with Crippen molar-refractivity contribution in [2.24, 2.45) is 9.98 Å². The molecule has 2 nitrogen and oxygen atoms in total. The SMILES string of the molecule is CC1=CC2=C([Si](C)(C)C3=C4C=C(C)N=C4C=C3C)C(C)=CC2=N1.[Cl-].[Cl-].[Zr+2]. The monoisotopic (exact) mass is 478 g/mol. The molecule has 0 amide bonds. The summed E-state index contributed by atoms with van der Waals surface area (Å²) >= 11 is 0. The number of rotatable bonds is 2. The van der Waals surface area contributed by atoms with E-state index >= 15 is 0 Å². The Morgan fingerprint density at radius 2 is 1.00 bits per heavy atom. The summed E-state index contributed by atoms with van der Waals surface area (Å²) in [6, 6.07) is 0. The maximum atomic E-state index is 4.69. The molecule has 0 spiro atoms. The number of hydrogen-bond acceptors (Lipinski definition) is 2. The van der Waals surface area contributed by atoms with Gasteiger partial charge in [0.05, 0.1) is 11.4 Å². The number of halogens is 2. The van der Waals surface area contributed by atoms with E-state index in [1.54, 1.807) is 10.4 Å². The van der Waals surface area contributed by atoms with Gasteiger partial charge in [0.25, 0.3) is 0 Å². The van der Waals surface area contributed by atoms with E-state index in [4.69, 9.17) is 0 Å². The minimum atomic E-state index is -1.82. The van der Waals surface area contributed by atoms with Crippen molar-refractivity contribution in [3.8, 4) is 0 Å². The average Bonchev–Trinajstić information content (AvgIpc) is 3.06. The number of nitrogens with zero attached hydrogens (tertiary/aromatic N) is 2. The molecular formula is C20H22Cl2N2SiZr. The van der Waals surface area contributed by atoms with E-state index in [0.29, 0.717) is 0 Å². The number of allylic oxidation sites excluding steroid dienone is 12. The summed E-state index contributed by atoms with van der Waals surface area (Å²) in [5.41, 5.74) is 10.1. The Balaban J connectivity index is 0.00000113. The quantitative estimate of drug-likeness (QED) is 0.454. The predicted octanol–water partition coefficient (Wildman–Crippen LogP) is -0.991. The zero-order chi connectivity index (χ0) is 16.5. The van der Waals surface area contributed by atoms with Crippen molar-refractivity contribution in [2.75, 3.05) is 0 Å². The summed E-state index contributed by atoms with van der Waals surface area (Å²) < 4.78 is 0. The number of fused-ring (bicyclic) bond motifs is 2. The van der Waals surface area contributed by atoms with Gasteiger partial charge < -0.3 is 24.8 Å². The van der Waals surface area contributed by atoms with Crippen LogP contribution in [0.2, 0.25) is 13.1 Å². The van der Waals surface area contributed by atoms with Crippen molar-refractivity contribution in [2.45, 2.75) is 40.8 Å². The molecule has 0 saturated heterocycles. The van der Waals surface area contributed by atoms with Gasteiger partial charge >= 0.3 is 26.2 Å². The first-order valence-electron chi connectivity index (χ1n) is 8.20. The van der Waals surface area contributed by atoms with Crippen LogP contribution in [0.25, 0.3) is 0 Å². The van der Waals surface area contributed by atoms with Gasteiger partial charge in [0.2, 0.25) is 0 Å².